The molecule has 1 saturated heterocycles. The van der Waals surface area contributed by atoms with Crippen molar-refractivity contribution >= 4 is 60.9 Å². The molecule has 3 aromatic rings. The lowest BCUT2D eigenvalue weighted by molar-refractivity contribution is -0.115. The number of fused-ring (bicyclic) bond motifs is 2. The standard InChI is InChI=1S/C21H21ClN4OS.C6H13NO3S.2H2O/c22-17-13-18-15(12-20(27)23-18)11-14(17)5-6-25-7-9-26(10-8-25)21-16-3-1-2-4-19(16)28-24-21;8-11(9,10)7-6-4-2-1-3-5-6;;/h1-4,11,13H,5-10,12H2,(H,23,27);6-7H,1-5H2,(H,8,9,10);2*1H2. The normalized spacial score (nSPS) is 17.6. The molecule has 226 valence electrons. The van der Waals surface area contributed by atoms with E-state index in [9.17, 15) is 13.2 Å². The van der Waals surface area contributed by atoms with Crippen LogP contribution in [0.3, 0.4) is 0 Å². The smallest absolute Gasteiger partial charge is 0.333 e. The second-order valence-electron chi connectivity index (χ2n) is 10.3. The van der Waals surface area contributed by atoms with Gasteiger partial charge in [0.2, 0.25) is 5.91 Å². The lowest BCUT2D eigenvalue weighted by atomic mass is 9.96. The Kier molecular flexibility index (Phi) is 11.9. The van der Waals surface area contributed by atoms with Crippen LogP contribution in [0.5, 0.6) is 0 Å². The summed E-state index contributed by atoms with van der Waals surface area (Å²) in [4.78, 5) is 16.4. The first-order chi connectivity index (χ1) is 18.7. The summed E-state index contributed by atoms with van der Waals surface area (Å²) in [6.07, 6.45) is 6.32. The van der Waals surface area contributed by atoms with Gasteiger partial charge in [0.15, 0.2) is 0 Å². The molecule has 2 aliphatic heterocycles. The van der Waals surface area contributed by atoms with Crippen molar-refractivity contribution in [2.45, 2.75) is 51.0 Å². The van der Waals surface area contributed by atoms with Gasteiger partial charge in [0.05, 0.1) is 11.1 Å². The highest BCUT2D eigenvalue weighted by Crippen LogP contribution is 2.31. The van der Waals surface area contributed by atoms with E-state index < -0.39 is 10.3 Å². The average Bonchev–Trinajstić information content (AvgIpc) is 3.50. The van der Waals surface area contributed by atoms with Crippen molar-refractivity contribution in [1.29, 1.82) is 0 Å². The fourth-order valence-corrected chi connectivity index (χ4v) is 7.20. The molecule has 1 saturated carbocycles. The van der Waals surface area contributed by atoms with E-state index in [4.69, 9.17) is 16.2 Å². The molecule has 2 fully saturated rings. The zero-order chi connectivity index (χ0) is 27.4. The molecule has 1 amide bonds. The minimum Gasteiger partial charge on any atom is -0.412 e. The maximum Gasteiger partial charge on any atom is 0.333 e. The Balaban J connectivity index is 0.000000304. The predicted molar refractivity (Wildman–Crippen MR) is 165 cm³/mol. The van der Waals surface area contributed by atoms with Crippen LogP contribution in [0.4, 0.5) is 11.5 Å². The molecular weight excluding hydrogens is 590 g/mol. The van der Waals surface area contributed by atoms with Crippen LogP contribution in [-0.2, 0) is 27.9 Å². The molecule has 14 heteroatoms. The van der Waals surface area contributed by atoms with Gasteiger partial charge in [-0.3, -0.25) is 14.2 Å². The average molecular weight is 628 g/mol. The third-order valence-corrected chi connectivity index (χ3v) is 9.35. The zero-order valence-electron chi connectivity index (χ0n) is 22.7. The number of halogens is 1. The number of hydrogen-bond donors (Lipinski definition) is 3. The highest BCUT2D eigenvalue weighted by Gasteiger charge is 2.23. The molecular formula is C27H38ClN5O6S2. The zero-order valence-corrected chi connectivity index (χ0v) is 25.1. The minimum atomic E-state index is -3.97. The van der Waals surface area contributed by atoms with Crippen LogP contribution >= 0.6 is 23.1 Å². The van der Waals surface area contributed by atoms with E-state index in [1.54, 1.807) is 11.5 Å². The highest BCUT2D eigenvalue weighted by molar-refractivity contribution is 7.83. The van der Waals surface area contributed by atoms with Crippen molar-refractivity contribution in [2.24, 2.45) is 0 Å². The van der Waals surface area contributed by atoms with Gasteiger partial charge < -0.3 is 21.2 Å². The van der Waals surface area contributed by atoms with E-state index in [2.05, 4.69) is 54.5 Å². The van der Waals surface area contributed by atoms with E-state index in [0.29, 0.717) is 6.42 Å². The van der Waals surface area contributed by atoms with Crippen molar-refractivity contribution in [3.63, 3.8) is 0 Å². The monoisotopic (exact) mass is 627 g/mol. The first kappa shape index (κ1) is 33.1. The molecule has 1 aliphatic carbocycles. The third-order valence-electron chi connectivity index (χ3n) is 7.55. The number of rotatable bonds is 6. The Morgan fingerprint density at radius 2 is 1.78 bits per heavy atom. The van der Waals surface area contributed by atoms with Gasteiger partial charge in [-0.2, -0.15) is 17.5 Å². The van der Waals surface area contributed by atoms with Gasteiger partial charge >= 0.3 is 10.3 Å². The van der Waals surface area contributed by atoms with Crippen LogP contribution < -0.4 is 14.9 Å². The number of nitrogens with zero attached hydrogens (tertiary/aromatic N) is 3. The Morgan fingerprint density at radius 1 is 1.07 bits per heavy atom. The van der Waals surface area contributed by atoms with Crippen molar-refractivity contribution in [1.82, 2.24) is 14.0 Å². The molecule has 2 aromatic carbocycles. The van der Waals surface area contributed by atoms with Crippen molar-refractivity contribution in [2.75, 3.05) is 42.9 Å². The van der Waals surface area contributed by atoms with E-state index >= 15 is 0 Å². The summed E-state index contributed by atoms with van der Waals surface area (Å²) in [5, 5.41) is 4.86. The number of carbonyl (C=O) groups excluding carboxylic acids is 1. The largest absolute Gasteiger partial charge is 0.412 e. The molecule has 7 N–H and O–H groups in total. The van der Waals surface area contributed by atoms with Gasteiger partial charge in [-0.1, -0.05) is 49.1 Å². The molecule has 6 rings (SSSR count). The third kappa shape index (κ3) is 8.82. The number of aromatic nitrogens is 1. The molecule has 3 heterocycles. The summed E-state index contributed by atoms with van der Waals surface area (Å²) < 4.78 is 37.2. The van der Waals surface area contributed by atoms with Gasteiger partial charge in [0.1, 0.15) is 5.82 Å². The summed E-state index contributed by atoms with van der Waals surface area (Å²) >= 11 is 8.01. The molecule has 11 nitrogen and oxygen atoms in total. The second-order valence-corrected chi connectivity index (χ2v) is 12.7. The number of anilines is 2. The molecule has 3 aliphatic rings. The van der Waals surface area contributed by atoms with Crippen molar-refractivity contribution in [3.05, 3.63) is 52.5 Å². The predicted octanol–water partition coefficient (Wildman–Crippen LogP) is 2.87. The fourth-order valence-electron chi connectivity index (χ4n) is 5.48. The molecule has 0 radical (unpaired) electrons. The van der Waals surface area contributed by atoms with Crippen molar-refractivity contribution in [3.8, 4) is 0 Å². The number of benzene rings is 2. The first-order valence-corrected chi connectivity index (χ1v) is 16.0. The van der Waals surface area contributed by atoms with Crippen LogP contribution in [0.25, 0.3) is 10.1 Å². The minimum absolute atomic E-state index is 0. The molecule has 0 bridgehead atoms. The maximum atomic E-state index is 11.6. The van der Waals surface area contributed by atoms with Gasteiger partial charge in [-0.15, -0.1) is 0 Å². The van der Waals surface area contributed by atoms with Crippen LogP contribution in [0.1, 0.15) is 43.2 Å². The number of carbonyl (C=O) groups is 1. The highest BCUT2D eigenvalue weighted by atomic mass is 35.5. The van der Waals surface area contributed by atoms with Gasteiger partial charge in [0, 0.05) is 54.9 Å². The van der Waals surface area contributed by atoms with Gasteiger partial charge in [0.25, 0.3) is 0 Å². The second kappa shape index (κ2) is 14.7. The van der Waals surface area contributed by atoms with Crippen LogP contribution in [0.2, 0.25) is 5.02 Å². The quantitative estimate of drug-likeness (QED) is 0.352. The van der Waals surface area contributed by atoms with Crippen LogP contribution in [0.15, 0.2) is 36.4 Å². The van der Waals surface area contributed by atoms with Crippen LogP contribution in [-0.4, -0.2) is 77.9 Å². The molecule has 0 unspecified atom stereocenters. The van der Waals surface area contributed by atoms with Crippen molar-refractivity contribution < 1.29 is 28.7 Å². The maximum absolute atomic E-state index is 11.6. The van der Waals surface area contributed by atoms with Crippen LogP contribution in [0, 0.1) is 0 Å². The summed E-state index contributed by atoms with van der Waals surface area (Å²) in [5.74, 6) is 1.17. The number of hydrogen-bond acceptors (Lipinski definition) is 7. The molecule has 1 aromatic heterocycles. The van der Waals surface area contributed by atoms with E-state index in [-0.39, 0.29) is 22.9 Å². The summed E-state index contributed by atoms with van der Waals surface area (Å²) in [5.41, 5.74) is 3.05. The summed E-state index contributed by atoms with van der Waals surface area (Å²) in [7, 11) is -3.97. The number of nitrogens with one attached hydrogen (secondary N) is 2. The number of amides is 1. The molecule has 0 atom stereocenters. The molecule has 41 heavy (non-hydrogen) atoms. The summed E-state index contributed by atoms with van der Waals surface area (Å²) in [6.45, 7) is 5.00. The first-order valence-electron chi connectivity index (χ1n) is 13.4. The van der Waals surface area contributed by atoms with Gasteiger partial charge in [-0.05, 0) is 60.1 Å². The molecule has 0 spiro atoms. The lowest BCUT2D eigenvalue weighted by Gasteiger charge is -2.35. The van der Waals surface area contributed by atoms with Gasteiger partial charge in [-0.25, -0.2) is 0 Å². The van der Waals surface area contributed by atoms with E-state index in [1.807, 2.05) is 6.07 Å². The van der Waals surface area contributed by atoms with E-state index in [0.717, 1.165) is 92.5 Å². The van der Waals surface area contributed by atoms with E-state index in [1.165, 1.54) is 16.5 Å². The summed E-state index contributed by atoms with van der Waals surface area (Å²) in [6, 6.07) is 12.4. The lowest BCUT2D eigenvalue weighted by Crippen LogP contribution is -2.47. The Hall–Kier alpha value is -2.36. The topological polar surface area (TPSA) is 178 Å². The SMILES string of the molecule is O.O.O=C1Cc2cc(CCN3CCN(c4nsc5ccccc45)CC3)c(Cl)cc2N1.O=S(=O)(O)NC1CCCCC1. The fraction of sp³-hybridized carbons (Fsp3) is 0.481. The Bertz CT molecular complexity index is 1420. The number of piperazine rings is 1. The Labute approximate surface area is 249 Å². The Morgan fingerprint density at radius 3 is 2.49 bits per heavy atom.